The standard InChI is InChI=1S/C22H37N5O2.HI/c1-3-5-17-29-18-9-12-24-22(23-4-2)25-19-21(28)27-15-13-26(14-16-27)20-10-7-6-8-11-20;/h6-8,10-11H,3-5,9,12-19H2,1-2H3,(H2,23,24,25);1H. The van der Waals surface area contributed by atoms with Crippen LogP contribution < -0.4 is 15.5 Å². The average Bonchev–Trinajstić information content (AvgIpc) is 2.77. The number of halogens is 1. The first-order valence-electron chi connectivity index (χ1n) is 10.9. The summed E-state index contributed by atoms with van der Waals surface area (Å²) < 4.78 is 5.57. The van der Waals surface area contributed by atoms with Crippen molar-refractivity contribution in [2.24, 2.45) is 4.99 Å². The third kappa shape index (κ3) is 9.97. The molecule has 170 valence electrons. The van der Waals surface area contributed by atoms with Gasteiger partial charge in [0.2, 0.25) is 5.91 Å². The summed E-state index contributed by atoms with van der Waals surface area (Å²) in [6, 6.07) is 10.4. The van der Waals surface area contributed by atoms with Gasteiger partial charge in [0, 0.05) is 58.2 Å². The van der Waals surface area contributed by atoms with Crippen LogP contribution in [0.15, 0.2) is 35.3 Å². The molecule has 1 aromatic carbocycles. The van der Waals surface area contributed by atoms with Gasteiger partial charge in [-0.3, -0.25) is 4.79 Å². The van der Waals surface area contributed by atoms with E-state index < -0.39 is 0 Å². The number of benzene rings is 1. The lowest BCUT2D eigenvalue weighted by molar-refractivity contribution is -0.129. The van der Waals surface area contributed by atoms with Crippen molar-refractivity contribution in [1.29, 1.82) is 0 Å². The number of anilines is 1. The van der Waals surface area contributed by atoms with E-state index in [0.29, 0.717) is 5.96 Å². The van der Waals surface area contributed by atoms with Crippen LogP contribution in [-0.2, 0) is 9.53 Å². The van der Waals surface area contributed by atoms with E-state index in [0.717, 1.165) is 71.7 Å². The zero-order valence-electron chi connectivity index (χ0n) is 18.4. The van der Waals surface area contributed by atoms with E-state index in [1.165, 1.54) is 5.69 Å². The fourth-order valence-corrected chi connectivity index (χ4v) is 3.17. The molecule has 8 heteroatoms. The fourth-order valence-electron chi connectivity index (χ4n) is 3.17. The molecule has 1 aliphatic heterocycles. The second-order valence-corrected chi connectivity index (χ2v) is 7.14. The highest BCUT2D eigenvalue weighted by Gasteiger charge is 2.20. The van der Waals surface area contributed by atoms with E-state index >= 15 is 0 Å². The van der Waals surface area contributed by atoms with E-state index in [1.807, 2.05) is 30.0 Å². The molecule has 0 aromatic heterocycles. The van der Waals surface area contributed by atoms with E-state index in [9.17, 15) is 4.79 Å². The van der Waals surface area contributed by atoms with Crippen LogP contribution in [0, 0.1) is 0 Å². The summed E-state index contributed by atoms with van der Waals surface area (Å²) in [6.07, 6.45) is 3.19. The third-order valence-electron chi connectivity index (χ3n) is 4.87. The molecule has 1 amide bonds. The molecule has 1 fully saturated rings. The molecule has 7 nitrogen and oxygen atoms in total. The van der Waals surface area contributed by atoms with Gasteiger partial charge in [-0.25, -0.2) is 4.99 Å². The van der Waals surface area contributed by atoms with Gasteiger partial charge in [0.15, 0.2) is 5.96 Å². The largest absolute Gasteiger partial charge is 0.381 e. The Kier molecular flexibility index (Phi) is 14.3. The minimum atomic E-state index is 0. The van der Waals surface area contributed by atoms with Crippen LogP contribution in [0.3, 0.4) is 0 Å². The normalized spacial score (nSPS) is 14.3. The van der Waals surface area contributed by atoms with Crippen molar-refractivity contribution in [2.45, 2.75) is 33.1 Å². The molecule has 0 atom stereocenters. The molecule has 0 bridgehead atoms. The van der Waals surface area contributed by atoms with Gasteiger partial charge in [-0.2, -0.15) is 0 Å². The van der Waals surface area contributed by atoms with E-state index in [-0.39, 0.29) is 36.4 Å². The lowest BCUT2D eigenvalue weighted by Gasteiger charge is -2.36. The molecule has 1 aliphatic rings. The molecule has 0 spiro atoms. The van der Waals surface area contributed by atoms with Crippen LogP contribution >= 0.6 is 24.0 Å². The Labute approximate surface area is 198 Å². The van der Waals surface area contributed by atoms with Crippen molar-refractivity contribution in [3.8, 4) is 0 Å². The Morgan fingerprint density at radius 1 is 1.03 bits per heavy atom. The molecule has 1 aromatic rings. The van der Waals surface area contributed by atoms with Gasteiger partial charge in [-0.05, 0) is 31.9 Å². The number of ether oxygens (including phenoxy) is 1. The summed E-state index contributed by atoms with van der Waals surface area (Å²) in [6.45, 7) is 10.7. The van der Waals surface area contributed by atoms with Crippen molar-refractivity contribution in [2.75, 3.05) is 63.9 Å². The molecular weight excluding hydrogens is 493 g/mol. The van der Waals surface area contributed by atoms with Gasteiger partial charge in [0.25, 0.3) is 0 Å². The predicted molar refractivity (Wildman–Crippen MR) is 135 cm³/mol. The number of piperazine rings is 1. The van der Waals surface area contributed by atoms with Gasteiger partial charge < -0.3 is 25.2 Å². The second-order valence-electron chi connectivity index (χ2n) is 7.14. The quantitative estimate of drug-likeness (QED) is 0.199. The van der Waals surface area contributed by atoms with Crippen LogP contribution in [0.5, 0.6) is 0 Å². The first-order chi connectivity index (χ1) is 14.2. The maximum atomic E-state index is 12.6. The third-order valence-corrected chi connectivity index (χ3v) is 4.87. The highest BCUT2D eigenvalue weighted by atomic mass is 127. The van der Waals surface area contributed by atoms with Gasteiger partial charge in [-0.1, -0.05) is 31.5 Å². The summed E-state index contributed by atoms with van der Waals surface area (Å²) >= 11 is 0. The van der Waals surface area contributed by atoms with Crippen LogP contribution in [0.4, 0.5) is 5.69 Å². The zero-order valence-corrected chi connectivity index (χ0v) is 20.8. The van der Waals surface area contributed by atoms with Crippen LogP contribution in [0.1, 0.15) is 33.1 Å². The lowest BCUT2D eigenvalue weighted by atomic mass is 10.2. The molecule has 0 unspecified atom stereocenters. The first kappa shape index (κ1) is 26.5. The van der Waals surface area contributed by atoms with Crippen LogP contribution in [-0.4, -0.2) is 75.8 Å². The number of carbonyl (C=O) groups excluding carboxylic acids is 1. The fraction of sp³-hybridized carbons (Fsp3) is 0.636. The maximum Gasteiger partial charge on any atom is 0.244 e. The Balaban J connectivity index is 0.00000450. The summed E-state index contributed by atoms with van der Waals surface area (Å²) in [5.74, 6) is 0.773. The number of amides is 1. The number of aliphatic imine (C=N–C) groups is 1. The predicted octanol–water partition coefficient (Wildman–Crippen LogP) is 2.72. The summed E-state index contributed by atoms with van der Waals surface area (Å²) in [7, 11) is 0. The SMILES string of the molecule is CCCCOCCCNC(=NCC(=O)N1CCN(c2ccccc2)CC1)NCC.I. The molecular formula is C22H38IN5O2. The maximum absolute atomic E-state index is 12.6. The topological polar surface area (TPSA) is 69.2 Å². The molecule has 2 rings (SSSR count). The Bertz CT molecular complexity index is 607. The molecule has 1 heterocycles. The van der Waals surface area contributed by atoms with Crippen molar-refractivity contribution in [3.63, 3.8) is 0 Å². The van der Waals surface area contributed by atoms with Crippen LogP contribution in [0.2, 0.25) is 0 Å². The summed E-state index contributed by atoms with van der Waals surface area (Å²) in [5, 5.41) is 6.48. The number of nitrogens with one attached hydrogen (secondary N) is 2. The van der Waals surface area contributed by atoms with Gasteiger partial charge in [-0.15, -0.1) is 24.0 Å². The monoisotopic (exact) mass is 531 g/mol. The summed E-state index contributed by atoms with van der Waals surface area (Å²) in [5.41, 5.74) is 1.22. The number of carbonyl (C=O) groups is 1. The van der Waals surface area contributed by atoms with Crippen LogP contribution in [0.25, 0.3) is 0 Å². The number of hydrogen-bond donors (Lipinski definition) is 2. The van der Waals surface area contributed by atoms with Crippen molar-refractivity contribution >= 4 is 41.5 Å². The Morgan fingerprint density at radius 2 is 1.73 bits per heavy atom. The smallest absolute Gasteiger partial charge is 0.244 e. The molecule has 2 N–H and O–H groups in total. The number of hydrogen-bond acceptors (Lipinski definition) is 4. The number of rotatable bonds is 11. The van der Waals surface area contributed by atoms with E-state index in [4.69, 9.17) is 4.74 Å². The number of unbranched alkanes of at least 4 members (excludes halogenated alkanes) is 1. The molecule has 0 radical (unpaired) electrons. The highest BCUT2D eigenvalue weighted by Crippen LogP contribution is 2.15. The van der Waals surface area contributed by atoms with E-state index in [2.05, 4.69) is 39.6 Å². The number of nitrogens with zero attached hydrogens (tertiary/aromatic N) is 3. The van der Waals surface area contributed by atoms with Crippen molar-refractivity contribution < 1.29 is 9.53 Å². The number of guanidine groups is 1. The second kappa shape index (κ2) is 16.2. The summed E-state index contributed by atoms with van der Waals surface area (Å²) in [4.78, 5) is 21.2. The van der Waals surface area contributed by atoms with Gasteiger partial charge in [0.05, 0.1) is 0 Å². The minimum Gasteiger partial charge on any atom is -0.381 e. The first-order valence-corrected chi connectivity index (χ1v) is 10.9. The molecule has 0 aliphatic carbocycles. The van der Waals surface area contributed by atoms with E-state index in [1.54, 1.807) is 0 Å². The van der Waals surface area contributed by atoms with Gasteiger partial charge >= 0.3 is 0 Å². The number of para-hydroxylation sites is 1. The van der Waals surface area contributed by atoms with Gasteiger partial charge in [0.1, 0.15) is 6.54 Å². The Hall–Kier alpha value is -1.55. The van der Waals surface area contributed by atoms with Crippen molar-refractivity contribution in [1.82, 2.24) is 15.5 Å². The Morgan fingerprint density at radius 3 is 2.40 bits per heavy atom. The average molecular weight is 531 g/mol. The molecule has 1 saturated heterocycles. The minimum absolute atomic E-state index is 0. The zero-order chi connectivity index (χ0) is 20.7. The molecule has 0 saturated carbocycles. The highest BCUT2D eigenvalue weighted by molar-refractivity contribution is 14.0. The molecule has 30 heavy (non-hydrogen) atoms. The van der Waals surface area contributed by atoms with Crippen molar-refractivity contribution in [3.05, 3.63) is 30.3 Å². The lowest BCUT2D eigenvalue weighted by Crippen LogP contribution is -2.49.